The van der Waals surface area contributed by atoms with E-state index in [-0.39, 0.29) is 23.4 Å². The number of carbonyl (C=O) groups excluding carboxylic acids is 1. The predicted octanol–water partition coefficient (Wildman–Crippen LogP) is 2.89. The van der Waals surface area contributed by atoms with Crippen molar-refractivity contribution in [1.82, 2.24) is 0 Å². The molecule has 3 atom stereocenters. The third kappa shape index (κ3) is 2.51. The van der Waals surface area contributed by atoms with Crippen LogP contribution in [0.15, 0.2) is 48.6 Å². The van der Waals surface area contributed by atoms with E-state index in [0.29, 0.717) is 5.75 Å². The predicted molar refractivity (Wildman–Crippen MR) is 96.7 cm³/mol. The summed E-state index contributed by atoms with van der Waals surface area (Å²) in [4.78, 5) is 11.2. The minimum Gasteiger partial charge on any atom is -0.545 e. The van der Waals surface area contributed by atoms with Crippen molar-refractivity contribution in [2.24, 2.45) is 5.92 Å². The lowest BCUT2D eigenvalue weighted by Gasteiger charge is -2.38. The molecule has 0 radical (unpaired) electrons. The van der Waals surface area contributed by atoms with Crippen LogP contribution in [0.5, 0.6) is 11.5 Å². The first-order chi connectivity index (χ1) is 12.6. The number of rotatable bonds is 4. The number of methoxy groups -OCH3 is 2. The molecule has 1 aliphatic carbocycles. The van der Waals surface area contributed by atoms with E-state index in [1.165, 1.54) is 0 Å². The number of ether oxygens (including phenoxy) is 2. The van der Waals surface area contributed by atoms with E-state index >= 15 is 0 Å². The SMILES string of the molecule is COc1cccc([C@H]2Nc3ccc(C(=O)[O-])cc3[C@H]3C=CC[C@@H]32)c1OC. The van der Waals surface area contributed by atoms with Gasteiger partial charge in [0.25, 0.3) is 0 Å². The summed E-state index contributed by atoms with van der Waals surface area (Å²) in [5.74, 6) is 0.718. The van der Waals surface area contributed by atoms with Gasteiger partial charge < -0.3 is 24.7 Å². The number of benzene rings is 2. The minimum atomic E-state index is -1.15. The number of carboxylic acids is 1. The van der Waals surface area contributed by atoms with Crippen LogP contribution in [0.25, 0.3) is 0 Å². The van der Waals surface area contributed by atoms with Gasteiger partial charge >= 0.3 is 0 Å². The van der Waals surface area contributed by atoms with Crippen molar-refractivity contribution in [3.8, 4) is 11.5 Å². The largest absolute Gasteiger partial charge is 0.545 e. The summed E-state index contributed by atoms with van der Waals surface area (Å²) >= 11 is 0. The number of fused-ring (bicyclic) bond motifs is 3. The molecule has 0 bridgehead atoms. The zero-order valence-electron chi connectivity index (χ0n) is 14.7. The highest BCUT2D eigenvalue weighted by molar-refractivity contribution is 5.87. The Bertz CT molecular complexity index is 890. The van der Waals surface area contributed by atoms with Crippen molar-refractivity contribution in [2.45, 2.75) is 18.4 Å². The van der Waals surface area contributed by atoms with Gasteiger partial charge in [0.1, 0.15) is 0 Å². The summed E-state index contributed by atoms with van der Waals surface area (Å²) in [7, 11) is 3.28. The summed E-state index contributed by atoms with van der Waals surface area (Å²) in [6.45, 7) is 0. The fourth-order valence-electron chi connectivity index (χ4n) is 4.19. The Kier molecular flexibility index (Phi) is 4.07. The summed E-state index contributed by atoms with van der Waals surface area (Å²) in [6, 6.07) is 11.1. The molecule has 2 aromatic carbocycles. The topological polar surface area (TPSA) is 70.6 Å². The molecule has 0 fully saturated rings. The van der Waals surface area contributed by atoms with Gasteiger partial charge in [0.05, 0.1) is 26.2 Å². The fourth-order valence-corrected chi connectivity index (χ4v) is 4.19. The molecule has 26 heavy (non-hydrogen) atoms. The second kappa shape index (κ2) is 6.41. The number of carboxylic acid groups (broad SMARTS) is 1. The van der Waals surface area contributed by atoms with Crippen LogP contribution in [0.3, 0.4) is 0 Å². The highest BCUT2D eigenvalue weighted by atomic mass is 16.5. The first kappa shape index (κ1) is 16.5. The Morgan fingerprint density at radius 1 is 1.15 bits per heavy atom. The number of nitrogens with one attached hydrogen (secondary N) is 1. The quantitative estimate of drug-likeness (QED) is 0.859. The molecule has 4 rings (SSSR count). The molecule has 1 aliphatic heterocycles. The zero-order valence-corrected chi connectivity index (χ0v) is 14.7. The summed E-state index contributed by atoms with van der Waals surface area (Å²) in [5, 5.41) is 14.8. The maximum absolute atomic E-state index is 11.2. The fraction of sp³-hybridized carbons (Fsp3) is 0.286. The van der Waals surface area contributed by atoms with Gasteiger partial charge in [-0.15, -0.1) is 0 Å². The van der Waals surface area contributed by atoms with Crippen LogP contribution in [0.1, 0.15) is 39.9 Å². The number of anilines is 1. The van der Waals surface area contributed by atoms with Crippen molar-refractivity contribution in [3.05, 3.63) is 65.2 Å². The van der Waals surface area contributed by atoms with Crippen LogP contribution in [0, 0.1) is 5.92 Å². The van der Waals surface area contributed by atoms with Gasteiger partial charge in [-0.05, 0) is 41.7 Å². The number of carbonyl (C=O) groups is 1. The molecular weight excluding hydrogens is 330 g/mol. The van der Waals surface area contributed by atoms with Gasteiger partial charge in [0.15, 0.2) is 11.5 Å². The first-order valence-corrected chi connectivity index (χ1v) is 8.63. The Hall–Kier alpha value is -2.95. The smallest absolute Gasteiger partial charge is 0.165 e. The molecular formula is C21H20NO4-. The number of para-hydroxylation sites is 1. The van der Waals surface area contributed by atoms with Crippen molar-refractivity contribution in [3.63, 3.8) is 0 Å². The molecule has 2 aliphatic rings. The van der Waals surface area contributed by atoms with Crippen molar-refractivity contribution in [1.29, 1.82) is 0 Å². The lowest BCUT2D eigenvalue weighted by Crippen LogP contribution is -2.30. The second-order valence-electron chi connectivity index (χ2n) is 6.65. The van der Waals surface area contributed by atoms with Crippen LogP contribution in [0.4, 0.5) is 5.69 Å². The van der Waals surface area contributed by atoms with E-state index in [0.717, 1.165) is 29.0 Å². The number of hydrogen-bond donors (Lipinski definition) is 1. The van der Waals surface area contributed by atoms with Crippen LogP contribution >= 0.6 is 0 Å². The van der Waals surface area contributed by atoms with Gasteiger partial charge in [-0.1, -0.05) is 30.4 Å². The first-order valence-electron chi connectivity index (χ1n) is 8.63. The van der Waals surface area contributed by atoms with Gasteiger partial charge in [-0.25, -0.2) is 0 Å². The van der Waals surface area contributed by atoms with E-state index in [2.05, 4.69) is 23.5 Å². The van der Waals surface area contributed by atoms with Gasteiger partial charge in [-0.2, -0.15) is 0 Å². The van der Waals surface area contributed by atoms with E-state index < -0.39 is 5.97 Å². The maximum Gasteiger partial charge on any atom is 0.165 e. The van der Waals surface area contributed by atoms with Crippen molar-refractivity contribution < 1.29 is 19.4 Å². The molecule has 134 valence electrons. The molecule has 0 saturated heterocycles. The lowest BCUT2D eigenvalue weighted by atomic mass is 9.76. The normalized spacial score (nSPS) is 22.9. The third-order valence-corrected chi connectivity index (χ3v) is 5.37. The number of allylic oxidation sites excluding steroid dienone is 2. The Morgan fingerprint density at radius 3 is 2.73 bits per heavy atom. The van der Waals surface area contributed by atoms with E-state index in [9.17, 15) is 9.90 Å². The van der Waals surface area contributed by atoms with E-state index in [1.807, 2.05) is 18.2 Å². The van der Waals surface area contributed by atoms with E-state index in [1.54, 1.807) is 26.4 Å². The molecule has 0 aromatic heterocycles. The van der Waals surface area contributed by atoms with Gasteiger partial charge in [0, 0.05) is 17.2 Å². The number of hydrogen-bond acceptors (Lipinski definition) is 5. The minimum absolute atomic E-state index is 0.0429. The lowest BCUT2D eigenvalue weighted by molar-refractivity contribution is -0.255. The Labute approximate surface area is 152 Å². The molecule has 0 amide bonds. The third-order valence-electron chi connectivity index (χ3n) is 5.37. The molecule has 5 nitrogen and oxygen atoms in total. The molecule has 5 heteroatoms. The molecule has 1 heterocycles. The molecule has 0 unspecified atom stereocenters. The van der Waals surface area contributed by atoms with Crippen LogP contribution in [0.2, 0.25) is 0 Å². The standard InChI is InChI=1S/C21H21NO4/c1-25-18-8-4-7-15(20(18)26-2)19-14-6-3-5-13(14)16-11-12(21(23)24)9-10-17(16)22-19/h3-5,7-11,13-14,19,22H,6H2,1-2H3,(H,23,24)/p-1/t13-,14-,19-/m0/s1. The highest BCUT2D eigenvalue weighted by Crippen LogP contribution is 2.52. The summed E-state index contributed by atoms with van der Waals surface area (Å²) < 4.78 is 11.1. The zero-order chi connectivity index (χ0) is 18.3. The molecule has 2 aromatic rings. The van der Waals surface area contributed by atoms with Crippen molar-refractivity contribution >= 4 is 11.7 Å². The monoisotopic (exact) mass is 350 g/mol. The Morgan fingerprint density at radius 2 is 2.00 bits per heavy atom. The maximum atomic E-state index is 11.2. The Balaban J connectivity index is 1.81. The van der Waals surface area contributed by atoms with Crippen LogP contribution in [-0.2, 0) is 0 Å². The van der Waals surface area contributed by atoms with E-state index in [4.69, 9.17) is 9.47 Å². The molecule has 0 saturated carbocycles. The van der Waals surface area contributed by atoms with Crippen molar-refractivity contribution in [2.75, 3.05) is 19.5 Å². The van der Waals surface area contributed by atoms with Gasteiger partial charge in [0.2, 0.25) is 0 Å². The average molecular weight is 350 g/mol. The van der Waals surface area contributed by atoms with Gasteiger partial charge in [-0.3, -0.25) is 0 Å². The summed E-state index contributed by atoms with van der Waals surface area (Å²) in [6.07, 6.45) is 5.25. The summed E-state index contributed by atoms with van der Waals surface area (Å²) in [5.41, 5.74) is 3.20. The van der Waals surface area contributed by atoms with Crippen LogP contribution < -0.4 is 19.9 Å². The highest BCUT2D eigenvalue weighted by Gasteiger charge is 2.39. The molecule has 0 spiro atoms. The average Bonchev–Trinajstić information content (AvgIpc) is 3.16. The second-order valence-corrected chi connectivity index (χ2v) is 6.65. The van der Waals surface area contributed by atoms with Crippen LogP contribution in [-0.4, -0.2) is 20.2 Å². The number of aromatic carboxylic acids is 1. The molecule has 1 N–H and O–H groups in total.